The molecule has 1 atom stereocenters. The second kappa shape index (κ2) is 13.2. The zero-order chi connectivity index (χ0) is 32.2. The molecule has 4 aromatic rings. The largest absolute Gasteiger partial charge is 0.497 e. The number of hydrogen-bond donors (Lipinski definition) is 1. The molecule has 234 valence electrons. The van der Waals surface area contributed by atoms with E-state index in [2.05, 4.69) is 5.32 Å². The van der Waals surface area contributed by atoms with Crippen LogP contribution in [0, 0.1) is 5.82 Å². The summed E-state index contributed by atoms with van der Waals surface area (Å²) in [4.78, 5) is 26.0. The van der Waals surface area contributed by atoms with E-state index in [1.807, 2.05) is 0 Å². The summed E-state index contributed by atoms with van der Waals surface area (Å²) in [6, 6.07) is 12.9. The standard InChI is InChI=1S/C32H31ClF4N2O5/c1-31(2,3)44-28(40)6-5-13-43-24-16-22(15-23(17-24)42-4)38-29(19-7-9-21(33)10-8-19)30(41)39-12-11-20-14-26(34)25(18-27(20)39)32(35,36)37/h7-12,14-18,29,38H,5-6,13H2,1-4H3. The number of anilines is 1. The van der Waals surface area contributed by atoms with Crippen LogP contribution in [-0.4, -0.2) is 35.8 Å². The minimum atomic E-state index is -4.95. The maximum absolute atomic E-state index is 14.2. The quantitative estimate of drug-likeness (QED) is 0.107. The molecular weight excluding hydrogens is 604 g/mol. The zero-order valence-electron chi connectivity index (χ0n) is 24.4. The van der Waals surface area contributed by atoms with Gasteiger partial charge in [0.05, 0.1) is 24.8 Å². The lowest BCUT2D eigenvalue weighted by Crippen LogP contribution is -2.26. The summed E-state index contributed by atoms with van der Waals surface area (Å²) in [5.41, 5.74) is -1.31. The number of aromatic nitrogens is 1. The molecule has 7 nitrogen and oxygen atoms in total. The third kappa shape index (κ3) is 8.22. The molecule has 3 aromatic carbocycles. The number of rotatable bonds is 10. The summed E-state index contributed by atoms with van der Waals surface area (Å²) in [6.45, 7) is 5.55. The van der Waals surface area contributed by atoms with Crippen molar-refractivity contribution in [1.29, 1.82) is 0 Å². The van der Waals surface area contributed by atoms with Crippen LogP contribution >= 0.6 is 11.6 Å². The third-order valence-corrected chi connectivity index (χ3v) is 6.66. The number of nitrogens with zero attached hydrogens (tertiary/aromatic N) is 1. The van der Waals surface area contributed by atoms with Crippen molar-refractivity contribution >= 4 is 40.1 Å². The van der Waals surface area contributed by atoms with E-state index in [1.54, 1.807) is 63.2 Å². The lowest BCUT2D eigenvalue weighted by atomic mass is 10.0. The number of fused-ring (bicyclic) bond motifs is 1. The lowest BCUT2D eigenvalue weighted by molar-refractivity contribution is -0.155. The van der Waals surface area contributed by atoms with E-state index in [1.165, 1.54) is 19.4 Å². The van der Waals surface area contributed by atoms with Gasteiger partial charge >= 0.3 is 12.1 Å². The van der Waals surface area contributed by atoms with Crippen LogP contribution in [0.15, 0.2) is 66.9 Å². The summed E-state index contributed by atoms with van der Waals surface area (Å²) in [6.07, 6.45) is -3.11. The number of hydrogen-bond acceptors (Lipinski definition) is 6. The van der Waals surface area contributed by atoms with E-state index in [4.69, 9.17) is 25.8 Å². The van der Waals surface area contributed by atoms with Crippen LogP contribution in [-0.2, 0) is 15.7 Å². The number of carbonyl (C=O) groups is 2. The van der Waals surface area contributed by atoms with Crippen molar-refractivity contribution in [3.8, 4) is 11.5 Å². The Hall–Kier alpha value is -4.25. The third-order valence-electron chi connectivity index (χ3n) is 6.41. The topological polar surface area (TPSA) is 78.8 Å². The van der Waals surface area contributed by atoms with Gasteiger partial charge in [0.25, 0.3) is 5.91 Å². The van der Waals surface area contributed by atoms with Gasteiger partial charge in [-0.05, 0) is 63.1 Å². The molecule has 0 saturated carbocycles. The van der Waals surface area contributed by atoms with Crippen LogP contribution < -0.4 is 14.8 Å². The predicted octanol–water partition coefficient (Wildman–Crippen LogP) is 8.46. The molecule has 12 heteroatoms. The van der Waals surface area contributed by atoms with Gasteiger partial charge in [-0.1, -0.05) is 23.7 Å². The molecule has 44 heavy (non-hydrogen) atoms. The molecule has 0 aliphatic carbocycles. The monoisotopic (exact) mass is 634 g/mol. The van der Waals surface area contributed by atoms with Gasteiger partial charge in [-0.15, -0.1) is 0 Å². The zero-order valence-corrected chi connectivity index (χ0v) is 25.2. The van der Waals surface area contributed by atoms with Crippen molar-refractivity contribution in [2.24, 2.45) is 0 Å². The van der Waals surface area contributed by atoms with Gasteiger partial charge in [0.2, 0.25) is 0 Å². The number of esters is 1. The van der Waals surface area contributed by atoms with E-state index in [9.17, 15) is 27.2 Å². The van der Waals surface area contributed by atoms with Gasteiger partial charge in [0.15, 0.2) is 0 Å². The van der Waals surface area contributed by atoms with Gasteiger partial charge in [0.1, 0.15) is 29.0 Å². The van der Waals surface area contributed by atoms with Gasteiger partial charge in [-0.3, -0.25) is 14.2 Å². The SMILES string of the molecule is COc1cc(NC(C(=O)n2ccc3cc(F)c(C(F)(F)F)cc32)c2ccc(Cl)cc2)cc(OCCCC(=O)OC(C)(C)C)c1. The number of nitrogens with one attached hydrogen (secondary N) is 1. The van der Waals surface area contributed by atoms with E-state index >= 15 is 0 Å². The minimum Gasteiger partial charge on any atom is -0.497 e. The summed E-state index contributed by atoms with van der Waals surface area (Å²) in [7, 11) is 1.45. The van der Waals surface area contributed by atoms with Crippen molar-refractivity contribution in [1.82, 2.24) is 4.57 Å². The first kappa shape index (κ1) is 32.7. The van der Waals surface area contributed by atoms with Gasteiger partial charge < -0.3 is 19.5 Å². The minimum absolute atomic E-state index is 0.107. The average molecular weight is 635 g/mol. The Bertz CT molecular complexity index is 1650. The lowest BCUT2D eigenvalue weighted by Gasteiger charge is -2.22. The Kier molecular flexibility index (Phi) is 9.78. The Morgan fingerprint density at radius 1 is 0.977 bits per heavy atom. The second-order valence-electron chi connectivity index (χ2n) is 11.0. The first-order valence-electron chi connectivity index (χ1n) is 13.6. The number of halogens is 5. The van der Waals surface area contributed by atoms with E-state index in [0.717, 1.165) is 10.6 Å². The molecule has 1 unspecified atom stereocenters. The Morgan fingerprint density at radius 2 is 1.66 bits per heavy atom. The van der Waals surface area contributed by atoms with Crippen LogP contribution in [0.2, 0.25) is 5.02 Å². The Labute approximate surface area is 256 Å². The van der Waals surface area contributed by atoms with E-state index < -0.39 is 35.1 Å². The normalized spacial score (nSPS) is 12.6. The molecule has 0 aliphatic heterocycles. The fourth-order valence-electron chi connectivity index (χ4n) is 4.47. The molecule has 1 N–H and O–H groups in total. The van der Waals surface area contributed by atoms with Crippen molar-refractivity contribution in [2.45, 2.75) is 51.4 Å². The molecule has 0 saturated heterocycles. The van der Waals surface area contributed by atoms with Crippen molar-refractivity contribution < 1.29 is 41.4 Å². The van der Waals surface area contributed by atoms with Crippen LogP contribution in [0.5, 0.6) is 11.5 Å². The number of benzene rings is 3. The molecule has 1 heterocycles. The summed E-state index contributed by atoms with van der Waals surface area (Å²) < 4.78 is 72.3. The highest BCUT2D eigenvalue weighted by atomic mass is 35.5. The van der Waals surface area contributed by atoms with E-state index in [0.29, 0.717) is 40.3 Å². The molecular formula is C32H31ClF4N2O5. The van der Waals surface area contributed by atoms with Crippen LogP contribution in [0.3, 0.4) is 0 Å². The highest BCUT2D eigenvalue weighted by Gasteiger charge is 2.35. The fourth-order valence-corrected chi connectivity index (χ4v) is 4.59. The maximum Gasteiger partial charge on any atom is 0.419 e. The average Bonchev–Trinajstić information content (AvgIpc) is 3.35. The fraction of sp³-hybridized carbons (Fsp3) is 0.312. The van der Waals surface area contributed by atoms with Crippen LogP contribution in [0.1, 0.15) is 55.6 Å². The number of carbonyl (C=O) groups excluding carboxylic acids is 2. The number of alkyl halides is 3. The van der Waals surface area contributed by atoms with E-state index in [-0.39, 0.29) is 29.9 Å². The smallest absolute Gasteiger partial charge is 0.419 e. The van der Waals surface area contributed by atoms with Gasteiger partial charge in [-0.25, -0.2) is 4.39 Å². The molecule has 0 radical (unpaired) electrons. The summed E-state index contributed by atoms with van der Waals surface area (Å²) in [5, 5.41) is 3.67. The molecule has 1 aromatic heterocycles. The molecule has 0 bridgehead atoms. The number of methoxy groups -OCH3 is 1. The van der Waals surface area contributed by atoms with Crippen LogP contribution in [0.25, 0.3) is 10.9 Å². The van der Waals surface area contributed by atoms with Crippen molar-refractivity contribution in [3.05, 3.63) is 88.8 Å². The molecule has 4 rings (SSSR count). The second-order valence-corrected chi connectivity index (χ2v) is 11.4. The molecule has 0 aliphatic rings. The first-order valence-corrected chi connectivity index (χ1v) is 14.0. The maximum atomic E-state index is 14.2. The molecule has 0 amide bonds. The predicted molar refractivity (Wildman–Crippen MR) is 159 cm³/mol. The van der Waals surface area contributed by atoms with Crippen molar-refractivity contribution in [3.63, 3.8) is 0 Å². The Balaban J connectivity index is 1.63. The number of ether oxygens (including phenoxy) is 3. The van der Waals surface area contributed by atoms with Crippen LogP contribution in [0.4, 0.5) is 23.2 Å². The van der Waals surface area contributed by atoms with Crippen molar-refractivity contribution in [2.75, 3.05) is 19.0 Å². The first-order chi connectivity index (χ1) is 20.6. The molecule has 0 fully saturated rings. The van der Waals surface area contributed by atoms with Gasteiger partial charge in [0, 0.05) is 46.9 Å². The highest BCUT2D eigenvalue weighted by Crippen LogP contribution is 2.35. The van der Waals surface area contributed by atoms with Gasteiger partial charge in [-0.2, -0.15) is 13.2 Å². The summed E-state index contributed by atoms with van der Waals surface area (Å²) in [5.74, 6) is -1.63. The highest BCUT2D eigenvalue weighted by molar-refractivity contribution is 6.30. The molecule has 0 spiro atoms. The summed E-state index contributed by atoms with van der Waals surface area (Å²) >= 11 is 6.07. The Morgan fingerprint density at radius 3 is 2.30 bits per heavy atom.